The molecule has 42 heavy (non-hydrogen) atoms. The molecule has 0 aliphatic rings. The van der Waals surface area contributed by atoms with Crippen LogP contribution in [0.3, 0.4) is 0 Å². The van der Waals surface area contributed by atoms with E-state index in [1.165, 1.54) is 0 Å². The number of carbonyl (C=O) groups excluding carboxylic acids is 1. The van der Waals surface area contributed by atoms with Crippen molar-refractivity contribution in [2.24, 2.45) is 11.1 Å². The van der Waals surface area contributed by atoms with Crippen molar-refractivity contribution in [1.82, 2.24) is 5.32 Å². The summed E-state index contributed by atoms with van der Waals surface area (Å²) in [5.74, 6) is 0. The largest absolute Gasteiger partial charge is 0.447 e. The first-order chi connectivity index (χ1) is 18.8. The molecule has 0 spiro atoms. The topological polar surface area (TPSA) is 111 Å². The first-order valence-electron chi connectivity index (χ1n) is 15.7. The fourth-order valence-electron chi connectivity index (χ4n) is 3.74. The molecule has 0 aromatic heterocycles. The van der Waals surface area contributed by atoms with Crippen LogP contribution < -0.4 is 11.1 Å². The highest BCUT2D eigenvalue weighted by molar-refractivity contribution is 5.67. The van der Waals surface area contributed by atoms with Crippen molar-refractivity contribution < 1.29 is 33.2 Å². The maximum absolute atomic E-state index is 12.5. The lowest BCUT2D eigenvalue weighted by Crippen LogP contribution is -2.42. The van der Waals surface area contributed by atoms with Crippen LogP contribution in [-0.2, 0) is 28.4 Å². The zero-order chi connectivity index (χ0) is 32.9. The van der Waals surface area contributed by atoms with Crippen LogP contribution in [0.5, 0.6) is 0 Å². The number of hydrogen-bond donors (Lipinski definition) is 2. The third-order valence-electron chi connectivity index (χ3n) is 6.43. The first-order valence-corrected chi connectivity index (χ1v) is 15.7. The monoisotopic (exact) mass is 605 g/mol. The van der Waals surface area contributed by atoms with Crippen molar-refractivity contribution in [3.63, 3.8) is 0 Å². The number of carbonyl (C=O) groups is 1. The Labute approximate surface area is 258 Å². The summed E-state index contributed by atoms with van der Waals surface area (Å²) in [6.07, 6.45) is 2.68. The SMILES string of the molecule is CC(C)(C)CCOC(C)(N)CCCNC(=O)OCC(COC(C)(C)CCOC(C)(C)C)OC(C)(C)CCOC(C)(C)C. The molecule has 2 atom stereocenters. The Kier molecular flexibility index (Phi) is 17.1. The maximum Gasteiger partial charge on any atom is 0.407 e. The fraction of sp³-hybridized carbons (Fsp3) is 0.970. The Balaban J connectivity index is 4.90. The summed E-state index contributed by atoms with van der Waals surface area (Å²) in [5.41, 5.74) is 4.38. The molecule has 3 N–H and O–H groups in total. The molecule has 0 aromatic carbocycles. The smallest absolute Gasteiger partial charge is 0.407 e. The van der Waals surface area contributed by atoms with Crippen LogP contribution >= 0.6 is 0 Å². The highest BCUT2D eigenvalue weighted by atomic mass is 16.6. The van der Waals surface area contributed by atoms with E-state index in [4.69, 9.17) is 34.2 Å². The number of ether oxygens (including phenoxy) is 6. The van der Waals surface area contributed by atoms with Gasteiger partial charge in [-0.3, -0.25) is 0 Å². The van der Waals surface area contributed by atoms with Gasteiger partial charge in [-0.1, -0.05) is 20.8 Å². The van der Waals surface area contributed by atoms with Gasteiger partial charge >= 0.3 is 6.09 Å². The molecule has 0 aliphatic heterocycles. The van der Waals surface area contributed by atoms with Crippen LogP contribution in [0.1, 0.15) is 129 Å². The van der Waals surface area contributed by atoms with E-state index in [-0.39, 0.29) is 29.8 Å². The van der Waals surface area contributed by atoms with E-state index >= 15 is 0 Å². The second-order valence-electron chi connectivity index (χ2n) is 16.1. The van der Waals surface area contributed by atoms with Crippen LogP contribution in [0.2, 0.25) is 0 Å². The maximum atomic E-state index is 12.5. The van der Waals surface area contributed by atoms with Crippen molar-refractivity contribution in [3.05, 3.63) is 0 Å². The minimum atomic E-state index is -0.736. The lowest BCUT2D eigenvalue weighted by Gasteiger charge is -2.34. The number of amides is 1. The summed E-state index contributed by atoms with van der Waals surface area (Å²) >= 11 is 0. The quantitative estimate of drug-likeness (QED) is 0.113. The normalized spacial score (nSPS) is 15.8. The third kappa shape index (κ3) is 25.5. The molecule has 9 heteroatoms. The van der Waals surface area contributed by atoms with E-state index in [2.05, 4.69) is 26.1 Å². The zero-order valence-corrected chi connectivity index (χ0v) is 29.8. The van der Waals surface area contributed by atoms with Gasteiger partial charge in [-0.2, -0.15) is 0 Å². The fourth-order valence-corrected chi connectivity index (χ4v) is 3.74. The summed E-state index contributed by atoms with van der Waals surface area (Å²) in [6, 6.07) is 0. The number of nitrogens with one attached hydrogen (secondary N) is 1. The van der Waals surface area contributed by atoms with E-state index in [9.17, 15) is 4.79 Å². The van der Waals surface area contributed by atoms with Crippen molar-refractivity contribution >= 4 is 6.09 Å². The predicted octanol–water partition coefficient (Wildman–Crippen LogP) is 6.99. The van der Waals surface area contributed by atoms with E-state index < -0.39 is 29.1 Å². The molecular formula is C33H68N2O7. The van der Waals surface area contributed by atoms with Gasteiger partial charge in [0.05, 0.1) is 29.0 Å². The Hall–Kier alpha value is -0.970. The lowest BCUT2D eigenvalue weighted by atomic mass is 9.93. The summed E-state index contributed by atoms with van der Waals surface area (Å²) in [4.78, 5) is 12.5. The van der Waals surface area contributed by atoms with Gasteiger partial charge in [0.25, 0.3) is 0 Å². The number of nitrogens with two attached hydrogens (primary N) is 1. The molecule has 0 rings (SSSR count). The van der Waals surface area contributed by atoms with Crippen LogP contribution in [0.25, 0.3) is 0 Å². The van der Waals surface area contributed by atoms with Crippen LogP contribution in [0, 0.1) is 5.41 Å². The van der Waals surface area contributed by atoms with Crippen LogP contribution in [0.4, 0.5) is 4.79 Å². The van der Waals surface area contributed by atoms with Crippen LogP contribution in [0.15, 0.2) is 0 Å². The zero-order valence-electron chi connectivity index (χ0n) is 29.8. The first kappa shape index (κ1) is 41.0. The van der Waals surface area contributed by atoms with Gasteiger partial charge < -0.3 is 39.5 Å². The molecule has 252 valence electrons. The van der Waals surface area contributed by atoms with Gasteiger partial charge in [-0.05, 0) is 114 Å². The molecular weight excluding hydrogens is 536 g/mol. The Morgan fingerprint density at radius 3 is 1.64 bits per heavy atom. The second-order valence-corrected chi connectivity index (χ2v) is 16.1. The third-order valence-corrected chi connectivity index (χ3v) is 6.43. The molecule has 0 aromatic rings. The molecule has 0 saturated heterocycles. The average molecular weight is 605 g/mol. The summed E-state index contributed by atoms with van der Waals surface area (Å²) < 4.78 is 35.9. The summed E-state index contributed by atoms with van der Waals surface area (Å²) in [6.45, 7) is 31.2. The highest BCUT2D eigenvalue weighted by Crippen LogP contribution is 2.23. The number of rotatable bonds is 20. The lowest BCUT2D eigenvalue weighted by molar-refractivity contribution is -0.156. The van der Waals surface area contributed by atoms with Crippen molar-refractivity contribution in [3.8, 4) is 0 Å². The van der Waals surface area contributed by atoms with E-state index in [0.29, 0.717) is 45.6 Å². The minimum absolute atomic E-state index is 0.0640. The van der Waals surface area contributed by atoms with Gasteiger partial charge in [0.15, 0.2) is 0 Å². The molecule has 0 saturated carbocycles. The molecule has 2 unspecified atom stereocenters. The van der Waals surface area contributed by atoms with Crippen molar-refractivity contribution in [2.45, 2.75) is 163 Å². The van der Waals surface area contributed by atoms with E-state index in [1.807, 2.05) is 76.2 Å². The minimum Gasteiger partial charge on any atom is -0.447 e. The molecule has 0 fully saturated rings. The molecule has 9 nitrogen and oxygen atoms in total. The molecule has 0 bridgehead atoms. The summed E-state index contributed by atoms with van der Waals surface area (Å²) in [7, 11) is 0. The van der Waals surface area contributed by atoms with Crippen molar-refractivity contribution in [2.75, 3.05) is 39.6 Å². The van der Waals surface area contributed by atoms with Gasteiger partial charge in [-0.15, -0.1) is 0 Å². The van der Waals surface area contributed by atoms with Crippen molar-refractivity contribution in [1.29, 1.82) is 0 Å². The molecule has 0 aliphatic carbocycles. The average Bonchev–Trinajstić information content (AvgIpc) is 2.75. The van der Waals surface area contributed by atoms with Gasteiger partial charge in [-0.25, -0.2) is 4.79 Å². The number of alkyl carbamates (subject to hydrolysis) is 1. The van der Waals surface area contributed by atoms with Gasteiger partial charge in [0.2, 0.25) is 0 Å². The second kappa shape index (κ2) is 17.5. The Morgan fingerprint density at radius 2 is 1.14 bits per heavy atom. The van der Waals surface area contributed by atoms with E-state index in [0.717, 1.165) is 12.8 Å². The van der Waals surface area contributed by atoms with Gasteiger partial charge in [0, 0.05) is 26.4 Å². The molecule has 0 radical (unpaired) electrons. The summed E-state index contributed by atoms with van der Waals surface area (Å²) in [5, 5.41) is 2.81. The standard InChI is InChI=1S/C33H68N2O7/c1-28(2,3)17-21-40-33(14,34)16-15-20-35-27(36)37-24-26(42-32(12,13)19-23-39-30(7,8)9)25-41-31(10,11)18-22-38-29(4,5)6/h26H,15-25,34H2,1-14H3,(H,35,36). The Morgan fingerprint density at radius 1 is 0.643 bits per heavy atom. The van der Waals surface area contributed by atoms with Gasteiger partial charge in [0.1, 0.15) is 18.4 Å². The molecule has 1 amide bonds. The van der Waals surface area contributed by atoms with E-state index in [1.54, 1.807) is 0 Å². The number of hydrogen-bond acceptors (Lipinski definition) is 8. The highest BCUT2D eigenvalue weighted by Gasteiger charge is 2.29. The Bertz CT molecular complexity index is 747. The van der Waals surface area contributed by atoms with Crippen LogP contribution in [-0.4, -0.2) is 79.9 Å². The molecule has 0 heterocycles. The predicted molar refractivity (Wildman–Crippen MR) is 171 cm³/mol.